The number of pyridine rings is 1. The number of rotatable bonds is 7. The molecular weight excluding hydrogens is 270 g/mol. The number of guanidine groups is 1. The molecule has 0 atom stereocenters. The first kappa shape index (κ1) is 16.7. The highest BCUT2D eigenvalue weighted by atomic mass is 16.5. The summed E-state index contributed by atoms with van der Waals surface area (Å²) in [6, 6.07) is 3.67. The molecule has 1 amide bonds. The highest BCUT2D eigenvalue weighted by Gasteiger charge is 2.03. The van der Waals surface area contributed by atoms with E-state index in [0.717, 1.165) is 12.3 Å². The molecule has 0 unspecified atom stereocenters. The van der Waals surface area contributed by atoms with Crippen LogP contribution in [0.3, 0.4) is 0 Å². The van der Waals surface area contributed by atoms with Crippen molar-refractivity contribution in [3.05, 3.63) is 24.5 Å². The Labute approximate surface area is 125 Å². The number of aromatic nitrogens is 1. The fraction of sp³-hybridized carbons (Fsp3) is 0.500. The Morgan fingerprint density at radius 2 is 2.24 bits per heavy atom. The van der Waals surface area contributed by atoms with Crippen molar-refractivity contribution >= 4 is 11.9 Å². The number of aliphatic imine (C=N–C) groups is 1. The standard InChI is InChI=1S/C14H23N5O2/c1-4-16-14(18-11-13(20)19(2)3)17-8-9-21-12-6-5-7-15-10-12/h5-7,10H,4,8-9,11H2,1-3H3,(H2,16,17,18). The van der Waals surface area contributed by atoms with Gasteiger partial charge in [-0.3, -0.25) is 9.78 Å². The minimum atomic E-state index is -0.0428. The molecule has 0 bridgehead atoms. The second kappa shape index (κ2) is 9.57. The molecule has 1 rings (SSSR count). The van der Waals surface area contributed by atoms with E-state index < -0.39 is 0 Å². The van der Waals surface area contributed by atoms with Gasteiger partial charge in [0.15, 0.2) is 5.96 Å². The van der Waals surface area contributed by atoms with Crippen LogP contribution in [0, 0.1) is 0 Å². The van der Waals surface area contributed by atoms with Gasteiger partial charge in [-0.1, -0.05) is 0 Å². The van der Waals surface area contributed by atoms with Crippen LogP contribution in [0.15, 0.2) is 29.5 Å². The lowest BCUT2D eigenvalue weighted by Crippen LogP contribution is -2.40. The summed E-state index contributed by atoms with van der Waals surface area (Å²) in [7, 11) is 3.42. The maximum absolute atomic E-state index is 11.5. The van der Waals surface area contributed by atoms with E-state index in [9.17, 15) is 4.79 Å². The topological polar surface area (TPSA) is 78.9 Å². The van der Waals surface area contributed by atoms with Crippen LogP contribution >= 0.6 is 0 Å². The van der Waals surface area contributed by atoms with Crippen molar-refractivity contribution in [3.8, 4) is 5.75 Å². The second-order valence-electron chi connectivity index (χ2n) is 4.45. The van der Waals surface area contributed by atoms with Gasteiger partial charge in [0.2, 0.25) is 5.91 Å². The SMILES string of the molecule is CCNC(=NCC(=O)N(C)C)NCCOc1cccnc1. The fourth-order valence-corrected chi connectivity index (χ4v) is 1.40. The van der Waals surface area contributed by atoms with Crippen LogP contribution in [0.25, 0.3) is 0 Å². The van der Waals surface area contributed by atoms with Crippen LogP contribution in [0.2, 0.25) is 0 Å². The quantitative estimate of drug-likeness (QED) is 0.424. The maximum Gasteiger partial charge on any atom is 0.243 e. The van der Waals surface area contributed by atoms with Gasteiger partial charge < -0.3 is 20.3 Å². The van der Waals surface area contributed by atoms with E-state index in [0.29, 0.717) is 19.1 Å². The van der Waals surface area contributed by atoms with Gasteiger partial charge in [0.05, 0.1) is 12.7 Å². The Bertz CT molecular complexity index is 448. The number of hydrogen-bond donors (Lipinski definition) is 2. The molecule has 1 aromatic heterocycles. The van der Waals surface area contributed by atoms with Crippen molar-refractivity contribution in [1.29, 1.82) is 0 Å². The molecule has 0 radical (unpaired) electrons. The zero-order valence-electron chi connectivity index (χ0n) is 12.8. The lowest BCUT2D eigenvalue weighted by molar-refractivity contribution is -0.127. The maximum atomic E-state index is 11.5. The predicted octanol–water partition coefficient (Wildman–Crippen LogP) is 0.104. The van der Waals surface area contributed by atoms with E-state index in [4.69, 9.17) is 4.74 Å². The van der Waals surface area contributed by atoms with Crippen molar-refractivity contribution in [2.24, 2.45) is 4.99 Å². The summed E-state index contributed by atoms with van der Waals surface area (Å²) in [5.41, 5.74) is 0. The van der Waals surface area contributed by atoms with E-state index in [-0.39, 0.29) is 12.5 Å². The molecule has 0 aliphatic rings. The molecule has 7 nitrogen and oxygen atoms in total. The normalized spacial score (nSPS) is 10.9. The average Bonchev–Trinajstić information content (AvgIpc) is 2.49. The lowest BCUT2D eigenvalue weighted by atomic mass is 10.5. The minimum absolute atomic E-state index is 0.0428. The summed E-state index contributed by atoms with van der Waals surface area (Å²) in [5, 5.41) is 6.18. The molecule has 1 aromatic rings. The molecule has 0 fully saturated rings. The molecule has 7 heteroatoms. The molecule has 116 valence electrons. The molecule has 0 aliphatic carbocycles. The van der Waals surface area contributed by atoms with Gasteiger partial charge in [-0.15, -0.1) is 0 Å². The smallest absolute Gasteiger partial charge is 0.243 e. The first-order valence-corrected chi connectivity index (χ1v) is 6.88. The Hall–Kier alpha value is -2.31. The highest BCUT2D eigenvalue weighted by molar-refractivity contribution is 5.84. The monoisotopic (exact) mass is 293 g/mol. The van der Waals surface area contributed by atoms with E-state index in [2.05, 4.69) is 20.6 Å². The Kier molecular flexibility index (Phi) is 7.63. The third-order valence-corrected chi connectivity index (χ3v) is 2.51. The summed E-state index contributed by atoms with van der Waals surface area (Å²) in [4.78, 5) is 21.2. The molecular formula is C14H23N5O2. The highest BCUT2D eigenvalue weighted by Crippen LogP contribution is 2.04. The van der Waals surface area contributed by atoms with E-state index in [1.54, 1.807) is 26.5 Å². The Morgan fingerprint density at radius 3 is 2.86 bits per heavy atom. The third-order valence-electron chi connectivity index (χ3n) is 2.51. The molecule has 0 spiro atoms. The van der Waals surface area contributed by atoms with Crippen LogP contribution < -0.4 is 15.4 Å². The summed E-state index contributed by atoms with van der Waals surface area (Å²) in [5.74, 6) is 1.28. The predicted molar refractivity (Wildman–Crippen MR) is 82.4 cm³/mol. The van der Waals surface area contributed by atoms with Gasteiger partial charge in [-0.05, 0) is 19.1 Å². The summed E-state index contributed by atoms with van der Waals surface area (Å²) >= 11 is 0. The van der Waals surface area contributed by atoms with Crippen molar-refractivity contribution < 1.29 is 9.53 Å². The number of likely N-dealkylation sites (N-methyl/N-ethyl adjacent to an activating group) is 1. The van der Waals surface area contributed by atoms with Crippen LogP contribution in [-0.4, -0.2) is 62.1 Å². The van der Waals surface area contributed by atoms with E-state index in [1.807, 2.05) is 19.1 Å². The number of hydrogen-bond acceptors (Lipinski definition) is 4. The van der Waals surface area contributed by atoms with Gasteiger partial charge >= 0.3 is 0 Å². The number of ether oxygens (including phenoxy) is 1. The van der Waals surface area contributed by atoms with Crippen LogP contribution in [0.5, 0.6) is 5.75 Å². The van der Waals surface area contributed by atoms with Gasteiger partial charge in [0.25, 0.3) is 0 Å². The molecule has 0 saturated heterocycles. The van der Waals surface area contributed by atoms with Gasteiger partial charge in [0, 0.05) is 26.8 Å². The summed E-state index contributed by atoms with van der Waals surface area (Å²) in [6.07, 6.45) is 3.36. The molecule has 0 aromatic carbocycles. The number of nitrogens with one attached hydrogen (secondary N) is 2. The van der Waals surface area contributed by atoms with Gasteiger partial charge in [0.1, 0.15) is 18.9 Å². The van der Waals surface area contributed by atoms with Crippen molar-refractivity contribution in [3.63, 3.8) is 0 Å². The minimum Gasteiger partial charge on any atom is -0.490 e. The Balaban J connectivity index is 2.33. The number of carbonyl (C=O) groups is 1. The number of nitrogens with zero attached hydrogens (tertiary/aromatic N) is 3. The largest absolute Gasteiger partial charge is 0.490 e. The third kappa shape index (κ3) is 7.14. The van der Waals surface area contributed by atoms with Crippen molar-refractivity contribution in [1.82, 2.24) is 20.5 Å². The molecule has 2 N–H and O–H groups in total. The first-order chi connectivity index (χ1) is 10.1. The second-order valence-corrected chi connectivity index (χ2v) is 4.45. The van der Waals surface area contributed by atoms with Crippen LogP contribution in [0.4, 0.5) is 0 Å². The molecule has 21 heavy (non-hydrogen) atoms. The molecule has 0 aliphatic heterocycles. The fourth-order valence-electron chi connectivity index (χ4n) is 1.40. The summed E-state index contributed by atoms with van der Waals surface area (Å²) in [6.45, 7) is 3.88. The molecule has 1 heterocycles. The van der Waals surface area contributed by atoms with E-state index >= 15 is 0 Å². The number of carbonyl (C=O) groups excluding carboxylic acids is 1. The van der Waals surface area contributed by atoms with Crippen LogP contribution in [0.1, 0.15) is 6.92 Å². The zero-order chi connectivity index (χ0) is 15.5. The summed E-state index contributed by atoms with van der Waals surface area (Å²) < 4.78 is 5.52. The first-order valence-electron chi connectivity index (χ1n) is 6.88. The van der Waals surface area contributed by atoms with Gasteiger partial charge in [-0.2, -0.15) is 0 Å². The number of amides is 1. The molecule has 0 saturated carbocycles. The van der Waals surface area contributed by atoms with E-state index in [1.165, 1.54) is 4.90 Å². The van der Waals surface area contributed by atoms with Gasteiger partial charge in [-0.25, -0.2) is 4.99 Å². The lowest BCUT2D eigenvalue weighted by Gasteiger charge is -2.13. The van der Waals surface area contributed by atoms with Crippen LogP contribution in [-0.2, 0) is 4.79 Å². The van der Waals surface area contributed by atoms with Crippen molar-refractivity contribution in [2.45, 2.75) is 6.92 Å². The Morgan fingerprint density at radius 1 is 1.43 bits per heavy atom. The average molecular weight is 293 g/mol. The zero-order valence-corrected chi connectivity index (χ0v) is 12.8. The van der Waals surface area contributed by atoms with Crippen molar-refractivity contribution in [2.75, 3.05) is 40.3 Å².